The van der Waals surface area contributed by atoms with Crippen LogP contribution >= 0.6 is 12.4 Å². The van der Waals surface area contributed by atoms with Crippen molar-refractivity contribution in [1.82, 2.24) is 9.80 Å². The van der Waals surface area contributed by atoms with Gasteiger partial charge in [0, 0.05) is 32.7 Å². The van der Waals surface area contributed by atoms with Crippen LogP contribution in [0.3, 0.4) is 0 Å². The summed E-state index contributed by atoms with van der Waals surface area (Å²) in [6.45, 7) is 0.0761. The number of hydrogen-bond donors (Lipinski definition) is 0. The lowest BCUT2D eigenvalue weighted by Gasteiger charge is -2.54. The Hall–Kier alpha value is -1.55. The van der Waals surface area contributed by atoms with Crippen LogP contribution in [-0.4, -0.2) is 65.3 Å². The topological polar surface area (TPSA) is 23.6 Å². The molecule has 1 heterocycles. The third-order valence-electron chi connectivity index (χ3n) is 4.86. The van der Waals surface area contributed by atoms with E-state index in [1.165, 1.54) is 0 Å². The molecular formula is C16H16ClF7N2O. The lowest BCUT2D eigenvalue weighted by Crippen LogP contribution is -2.88. The van der Waals surface area contributed by atoms with Crippen LogP contribution in [0.25, 0.3) is 0 Å². The van der Waals surface area contributed by atoms with Crippen LogP contribution < -0.4 is 0 Å². The highest BCUT2D eigenvalue weighted by atomic mass is 35.5. The Labute approximate surface area is 156 Å². The summed E-state index contributed by atoms with van der Waals surface area (Å²) in [5.74, 6) is -19.7. The Bertz CT molecular complexity index is 675. The van der Waals surface area contributed by atoms with Crippen molar-refractivity contribution in [2.75, 3.05) is 26.2 Å². The van der Waals surface area contributed by atoms with Gasteiger partial charge in [0.1, 0.15) is 0 Å². The first-order chi connectivity index (χ1) is 12.0. The summed E-state index contributed by atoms with van der Waals surface area (Å²) in [6, 6.07) is 9.11. The van der Waals surface area contributed by atoms with Crippen LogP contribution in [0.5, 0.6) is 0 Å². The quantitative estimate of drug-likeness (QED) is 0.700. The Balaban J connectivity index is 0.00000261. The van der Waals surface area contributed by atoms with Gasteiger partial charge in [0.2, 0.25) is 0 Å². The van der Waals surface area contributed by atoms with Crippen LogP contribution in [0.1, 0.15) is 5.56 Å². The van der Waals surface area contributed by atoms with Crippen LogP contribution in [0.4, 0.5) is 30.7 Å². The maximum atomic E-state index is 14.2. The molecule has 0 N–H and O–H groups in total. The molecule has 1 aliphatic carbocycles. The van der Waals surface area contributed by atoms with Gasteiger partial charge in [-0.1, -0.05) is 30.3 Å². The molecule has 0 unspecified atom stereocenters. The molecule has 0 radical (unpaired) electrons. The maximum Gasteiger partial charge on any atom is 0.380 e. The summed E-state index contributed by atoms with van der Waals surface area (Å²) in [4.78, 5) is 14.2. The lowest BCUT2D eigenvalue weighted by atomic mass is 9.68. The van der Waals surface area contributed by atoms with E-state index in [9.17, 15) is 35.5 Å². The molecule has 2 aliphatic rings. The Kier molecular flexibility index (Phi) is 5.48. The molecule has 11 heteroatoms. The van der Waals surface area contributed by atoms with Crippen LogP contribution in [0, 0.1) is 0 Å². The SMILES string of the molecule is Cl.O=C(N1CCN(Cc2ccccc2)CC1)C1(F)C(F)(F)C(F)(F)C1(F)F. The van der Waals surface area contributed by atoms with Gasteiger partial charge >= 0.3 is 23.4 Å². The summed E-state index contributed by atoms with van der Waals surface area (Å²) in [5, 5.41) is 0. The molecule has 1 aromatic rings. The number of amides is 1. The summed E-state index contributed by atoms with van der Waals surface area (Å²) in [6.07, 6.45) is 0. The van der Waals surface area contributed by atoms with Gasteiger partial charge in [-0.15, -0.1) is 12.4 Å². The predicted octanol–water partition coefficient (Wildman–Crippen LogP) is 3.38. The minimum absolute atomic E-state index is 0. The van der Waals surface area contributed by atoms with E-state index < -0.39 is 29.3 Å². The number of halogens is 8. The Morgan fingerprint density at radius 3 is 1.78 bits per heavy atom. The molecule has 152 valence electrons. The first-order valence-electron chi connectivity index (χ1n) is 7.85. The summed E-state index contributed by atoms with van der Waals surface area (Å²) >= 11 is 0. The molecule has 3 nitrogen and oxygen atoms in total. The van der Waals surface area contributed by atoms with Gasteiger partial charge in [-0.25, -0.2) is 4.39 Å². The molecule has 1 amide bonds. The molecule has 1 saturated heterocycles. The highest BCUT2D eigenvalue weighted by Crippen LogP contribution is 2.69. The second kappa shape index (κ2) is 6.80. The van der Waals surface area contributed by atoms with Gasteiger partial charge in [0.15, 0.2) is 0 Å². The number of hydrogen-bond acceptors (Lipinski definition) is 2. The van der Waals surface area contributed by atoms with Crippen molar-refractivity contribution in [3.63, 3.8) is 0 Å². The van der Waals surface area contributed by atoms with Crippen molar-refractivity contribution in [3.8, 4) is 0 Å². The number of nitrogens with zero attached hydrogens (tertiary/aromatic N) is 2. The number of carbonyl (C=O) groups is 1. The third kappa shape index (κ3) is 2.79. The van der Waals surface area contributed by atoms with Crippen LogP contribution in [-0.2, 0) is 11.3 Å². The van der Waals surface area contributed by atoms with E-state index in [2.05, 4.69) is 0 Å². The second-order valence-electron chi connectivity index (χ2n) is 6.44. The van der Waals surface area contributed by atoms with Gasteiger partial charge in [-0.3, -0.25) is 9.69 Å². The summed E-state index contributed by atoms with van der Waals surface area (Å²) in [7, 11) is 0. The van der Waals surface area contributed by atoms with Crippen LogP contribution in [0.2, 0.25) is 0 Å². The third-order valence-corrected chi connectivity index (χ3v) is 4.86. The average Bonchev–Trinajstić information content (AvgIpc) is 2.61. The fourth-order valence-electron chi connectivity index (χ4n) is 3.20. The zero-order valence-electron chi connectivity index (χ0n) is 13.8. The molecular weight excluding hydrogens is 405 g/mol. The highest BCUT2D eigenvalue weighted by Gasteiger charge is 3.02. The van der Waals surface area contributed by atoms with Crippen molar-refractivity contribution >= 4 is 18.3 Å². The van der Waals surface area contributed by atoms with Gasteiger partial charge in [0.05, 0.1) is 0 Å². The molecule has 0 bridgehead atoms. The lowest BCUT2D eigenvalue weighted by molar-refractivity contribution is -0.459. The minimum atomic E-state index is -5.90. The van der Waals surface area contributed by atoms with Gasteiger partial charge < -0.3 is 4.90 Å². The van der Waals surface area contributed by atoms with Gasteiger partial charge in [0.25, 0.3) is 5.91 Å². The zero-order valence-corrected chi connectivity index (χ0v) is 14.6. The average molecular weight is 421 g/mol. The van der Waals surface area contributed by atoms with Crippen molar-refractivity contribution < 1.29 is 35.5 Å². The number of benzene rings is 1. The molecule has 0 spiro atoms. The first-order valence-corrected chi connectivity index (χ1v) is 7.85. The molecule has 27 heavy (non-hydrogen) atoms. The smallest absolute Gasteiger partial charge is 0.337 e. The number of piperazine rings is 1. The Morgan fingerprint density at radius 2 is 1.30 bits per heavy atom. The molecule has 1 aromatic carbocycles. The molecule has 2 fully saturated rings. The normalized spacial score (nSPS) is 25.2. The van der Waals surface area contributed by atoms with E-state index in [-0.39, 0.29) is 38.6 Å². The van der Waals surface area contributed by atoms with Crippen molar-refractivity contribution in [1.29, 1.82) is 0 Å². The van der Waals surface area contributed by atoms with E-state index in [0.29, 0.717) is 11.4 Å². The van der Waals surface area contributed by atoms with Crippen molar-refractivity contribution in [2.45, 2.75) is 30.0 Å². The largest absolute Gasteiger partial charge is 0.380 e. The predicted molar refractivity (Wildman–Crippen MR) is 84.2 cm³/mol. The van der Waals surface area contributed by atoms with Crippen molar-refractivity contribution in [3.05, 3.63) is 35.9 Å². The molecule has 1 aliphatic heterocycles. The van der Waals surface area contributed by atoms with Gasteiger partial charge in [-0.2, -0.15) is 26.3 Å². The first kappa shape index (κ1) is 21.7. The number of carbonyl (C=O) groups excluding carboxylic acids is 1. The van der Waals surface area contributed by atoms with Crippen LogP contribution in [0.15, 0.2) is 30.3 Å². The molecule has 3 rings (SSSR count). The van der Waals surface area contributed by atoms with E-state index in [0.717, 1.165) is 5.56 Å². The van der Waals surface area contributed by atoms with E-state index in [1.807, 2.05) is 35.2 Å². The fourth-order valence-corrected chi connectivity index (χ4v) is 3.20. The van der Waals surface area contributed by atoms with E-state index in [1.54, 1.807) is 0 Å². The van der Waals surface area contributed by atoms with E-state index >= 15 is 0 Å². The molecule has 0 aromatic heterocycles. The second-order valence-corrected chi connectivity index (χ2v) is 6.44. The highest BCUT2D eigenvalue weighted by molar-refractivity contribution is 5.90. The summed E-state index contributed by atoms with van der Waals surface area (Å²) < 4.78 is 93.5. The standard InChI is InChI=1S/C16H15F7N2O.ClH/c17-13(14(18,19)16(22,23)15(13,20)21)12(26)25-8-6-24(7-9-25)10-11-4-2-1-3-5-11;/h1-5H,6-10H2;1H. The molecule has 1 saturated carbocycles. The fraction of sp³-hybridized carbons (Fsp3) is 0.562. The van der Waals surface area contributed by atoms with Crippen molar-refractivity contribution in [2.24, 2.45) is 0 Å². The number of rotatable bonds is 3. The maximum absolute atomic E-state index is 14.2. The minimum Gasteiger partial charge on any atom is -0.337 e. The molecule has 0 atom stereocenters. The monoisotopic (exact) mass is 420 g/mol. The van der Waals surface area contributed by atoms with Gasteiger partial charge in [-0.05, 0) is 5.56 Å². The Morgan fingerprint density at radius 1 is 0.815 bits per heavy atom. The zero-order chi connectivity index (χ0) is 19.4. The number of alkyl halides is 7. The van der Waals surface area contributed by atoms with E-state index in [4.69, 9.17) is 0 Å². The summed E-state index contributed by atoms with van der Waals surface area (Å²) in [5.41, 5.74) is -4.29.